The summed E-state index contributed by atoms with van der Waals surface area (Å²) in [6.07, 6.45) is 0. The van der Waals surface area contributed by atoms with E-state index in [4.69, 9.17) is 16.3 Å². The average Bonchev–Trinajstić information content (AvgIpc) is 2.94. The number of nitrogens with zero attached hydrogens (tertiary/aromatic N) is 1. The topological polar surface area (TPSA) is 92.8 Å². The Kier molecular flexibility index (Phi) is 8.45. The van der Waals surface area contributed by atoms with Gasteiger partial charge in [0.05, 0.1) is 39.9 Å². The number of ether oxygens (including phenoxy) is 1. The summed E-state index contributed by atoms with van der Waals surface area (Å²) in [5, 5.41) is 2.93. The van der Waals surface area contributed by atoms with E-state index in [1.165, 1.54) is 28.6 Å². The molecule has 4 rings (SSSR count). The number of halogens is 1. The van der Waals surface area contributed by atoms with Crippen molar-refractivity contribution in [2.24, 2.45) is 0 Å². The van der Waals surface area contributed by atoms with Gasteiger partial charge < -0.3 is 10.1 Å². The highest BCUT2D eigenvalue weighted by molar-refractivity contribution is 7.92. The van der Waals surface area contributed by atoms with Crippen LogP contribution in [-0.4, -0.2) is 26.9 Å². The largest absolute Gasteiger partial charge is 0.462 e. The van der Waals surface area contributed by atoms with Gasteiger partial charge in [-0.25, -0.2) is 13.2 Å². The van der Waals surface area contributed by atoms with Gasteiger partial charge in [-0.1, -0.05) is 72.3 Å². The van der Waals surface area contributed by atoms with Crippen LogP contribution in [0, 0.1) is 0 Å². The van der Waals surface area contributed by atoms with Crippen molar-refractivity contribution >= 4 is 44.9 Å². The van der Waals surface area contributed by atoms with E-state index < -0.39 is 21.9 Å². The van der Waals surface area contributed by atoms with Gasteiger partial charge in [0.1, 0.15) is 0 Å². The molecule has 0 aliphatic rings. The van der Waals surface area contributed by atoms with Crippen molar-refractivity contribution < 1.29 is 22.7 Å². The third-order valence-corrected chi connectivity index (χ3v) is 7.74. The molecule has 0 fully saturated rings. The van der Waals surface area contributed by atoms with Crippen molar-refractivity contribution in [2.75, 3.05) is 16.2 Å². The van der Waals surface area contributed by atoms with E-state index in [0.29, 0.717) is 5.69 Å². The molecule has 1 N–H and O–H groups in total. The molecule has 0 spiro atoms. The third-order valence-electron chi connectivity index (χ3n) is 5.64. The summed E-state index contributed by atoms with van der Waals surface area (Å²) in [7, 11) is -4.04. The summed E-state index contributed by atoms with van der Waals surface area (Å²) >= 11 is 6.15. The van der Waals surface area contributed by atoms with Crippen LogP contribution in [0.2, 0.25) is 5.02 Å². The molecule has 0 aromatic heterocycles. The Hall–Kier alpha value is -4.14. The SMILES string of the molecule is CCOC(=O)c1cc(NC(=O)c2ccccc2N(Cc2ccccc2)S(=O)(=O)c2ccccc2)ccc1Cl. The molecule has 7 nitrogen and oxygen atoms in total. The summed E-state index contributed by atoms with van der Waals surface area (Å²) in [5.74, 6) is -1.17. The van der Waals surface area contributed by atoms with Crippen LogP contribution in [-0.2, 0) is 21.3 Å². The second-order valence-electron chi connectivity index (χ2n) is 8.20. The zero-order chi connectivity index (χ0) is 27.1. The molecule has 0 aliphatic heterocycles. The number of para-hydroxylation sites is 1. The Balaban J connectivity index is 1.74. The number of amides is 1. The van der Waals surface area contributed by atoms with Crippen molar-refractivity contribution in [3.8, 4) is 0 Å². The molecule has 0 saturated heterocycles. The van der Waals surface area contributed by atoms with Crippen LogP contribution < -0.4 is 9.62 Å². The fourth-order valence-electron chi connectivity index (χ4n) is 3.82. The van der Waals surface area contributed by atoms with Gasteiger partial charge in [0.15, 0.2) is 0 Å². The van der Waals surface area contributed by atoms with E-state index in [1.54, 1.807) is 55.5 Å². The van der Waals surface area contributed by atoms with Crippen LogP contribution in [0.5, 0.6) is 0 Å². The molecule has 4 aromatic carbocycles. The van der Waals surface area contributed by atoms with Gasteiger partial charge >= 0.3 is 5.97 Å². The molecule has 0 bridgehead atoms. The van der Waals surface area contributed by atoms with Gasteiger partial charge in [-0.15, -0.1) is 0 Å². The van der Waals surface area contributed by atoms with Gasteiger partial charge in [-0.05, 0) is 55.0 Å². The maximum atomic E-state index is 13.8. The predicted molar refractivity (Wildman–Crippen MR) is 148 cm³/mol. The fourth-order valence-corrected chi connectivity index (χ4v) is 5.51. The summed E-state index contributed by atoms with van der Waals surface area (Å²) in [6.45, 7) is 1.86. The Morgan fingerprint density at radius 1 is 0.842 bits per heavy atom. The van der Waals surface area contributed by atoms with Crippen LogP contribution in [0.15, 0.2) is 108 Å². The highest BCUT2D eigenvalue weighted by Gasteiger charge is 2.28. The number of benzene rings is 4. The van der Waals surface area contributed by atoms with Crippen molar-refractivity contribution in [2.45, 2.75) is 18.4 Å². The minimum Gasteiger partial charge on any atom is -0.462 e. The Bertz CT molecular complexity index is 1540. The first-order chi connectivity index (χ1) is 18.3. The predicted octanol–water partition coefficient (Wildman–Crippen LogP) is 6.16. The smallest absolute Gasteiger partial charge is 0.339 e. The van der Waals surface area contributed by atoms with Crippen LogP contribution in [0.1, 0.15) is 33.2 Å². The van der Waals surface area contributed by atoms with E-state index in [9.17, 15) is 18.0 Å². The van der Waals surface area contributed by atoms with Crippen molar-refractivity contribution in [3.05, 3.63) is 125 Å². The lowest BCUT2D eigenvalue weighted by Gasteiger charge is -2.26. The number of carbonyl (C=O) groups is 2. The first kappa shape index (κ1) is 26.9. The molecule has 0 aliphatic carbocycles. The van der Waals surface area contributed by atoms with Crippen molar-refractivity contribution in [3.63, 3.8) is 0 Å². The van der Waals surface area contributed by atoms with Crippen molar-refractivity contribution in [1.82, 2.24) is 0 Å². The van der Waals surface area contributed by atoms with Gasteiger partial charge in [-0.3, -0.25) is 9.10 Å². The lowest BCUT2D eigenvalue weighted by atomic mass is 10.1. The fraction of sp³-hybridized carbons (Fsp3) is 0.103. The number of sulfonamides is 1. The number of hydrogen-bond acceptors (Lipinski definition) is 5. The van der Waals surface area contributed by atoms with E-state index in [1.807, 2.05) is 30.3 Å². The van der Waals surface area contributed by atoms with E-state index in [2.05, 4.69) is 5.32 Å². The molecular formula is C29H25ClN2O5S. The van der Waals surface area contributed by atoms with E-state index in [-0.39, 0.29) is 39.9 Å². The summed E-state index contributed by atoms with van der Waals surface area (Å²) < 4.78 is 33.9. The number of esters is 1. The maximum Gasteiger partial charge on any atom is 0.339 e. The van der Waals surface area contributed by atoms with E-state index >= 15 is 0 Å². The number of hydrogen-bond donors (Lipinski definition) is 1. The van der Waals surface area contributed by atoms with Crippen LogP contribution in [0.3, 0.4) is 0 Å². The average molecular weight is 549 g/mol. The Morgan fingerprint density at radius 2 is 1.47 bits per heavy atom. The van der Waals surface area contributed by atoms with Gasteiger partial charge in [0, 0.05) is 5.69 Å². The van der Waals surface area contributed by atoms with Gasteiger partial charge in [0.2, 0.25) is 0 Å². The summed E-state index contributed by atoms with van der Waals surface area (Å²) in [5.41, 5.74) is 1.50. The molecule has 38 heavy (non-hydrogen) atoms. The van der Waals surface area contributed by atoms with Gasteiger partial charge in [0.25, 0.3) is 15.9 Å². The van der Waals surface area contributed by atoms with E-state index in [0.717, 1.165) is 5.56 Å². The normalized spacial score (nSPS) is 11.0. The summed E-state index contributed by atoms with van der Waals surface area (Å²) in [4.78, 5) is 25.8. The summed E-state index contributed by atoms with van der Waals surface area (Å²) in [6, 6.07) is 28.1. The molecule has 0 unspecified atom stereocenters. The zero-order valence-corrected chi connectivity index (χ0v) is 22.1. The lowest BCUT2D eigenvalue weighted by molar-refractivity contribution is 0.0526. The molecule has 0 radical (unpaired) electrons. The van der Waals surface area contributed by atoms with Gasteiger partial charge in [-0.2, -0.15) is 0 Å². The molecule has 4 aromatic rings. The Morgan fingerprint density at radius 3 is 2.16 bits per heavy atom. The first-order valence-corrected chi connectivity index (χ1v) is 13.6. The second kappa shape index (κ2) is 11.9. The first-order valence-electron chi connectivity index (χ1n) is 11.8. The number of carbonyl (C=O) groups excluding carboxylic acids is 2. The highest BCUT2D eigenvalue weighted by atomic mass is 35.5. The molecular weight excluding hydrogens is 524 g/mol. The minimum atomic E-state index is -4.04. The number of rotatable bonds is 9. The number of nitrogens with one attached hydrogen (secondary N) is 1. The van der Waals surface area contributed by atoms with Crippen LogP contribution in [0.25, 0.3) is 0 Å². The lowest BCUT2D eigenvalue weighted by Crippen LogP contribution is -2.32. The Labute approximate surface area is 226 Å². The second-order valence-corrected chi connectivity index (χ2v) is 10.5. The molecule has 1 amide bonds. The third kappa shape index (κ3) is 6.04. The maximum absolute atomic E-state index is 13.8. The standard InChI is InChI=1S/C29H25ClN2O5S/c1-2-37-29(34)25-19-22(17-18-26(25)30)31-28(33)24-15-9-10-16-27(24)32(20-21-11-5-3-6-12-21)38(35,36)23-13-7-4-8-14-23/h3-19H,2,20H2,1H3,(H,31,33). The quantitative estimate of drug-likeness (QED) is 0.253. The van der Waals surface area contributed by atoms with Crippen LogP contribution in [0.4, 0.5) is 11.4 Å². The monoisotopic (exact) mass is 548 g/mol. The molecule has 9 heteroatoms. The molecule has 0 atom stereocenters. The minimum absolute atomic E-state index is 0.0102. The highest BCUT2D eigenvalue weighted by Crippen LogP contribution is 2.30. The molecule has 0 saturated carbocycles. The molecule has 194 valence electrons. The molecule has 0 heterocycles. The number of anilines is 2. The zero-order valence-electron chi connectivity index (χ0n) is 20.5. The van der Waals surface area contributed by atoms with Crippen LogP contribution >= 0.6 is 11.6 Å². The van der Waals surface area contributed by atoms with Crippen molar-refractivity contribution in [1.29, 1.82) is 0 Å².